The molecular weight excluding hydrogens is 216 g/mol. The highest BCUT2D eigenvalue weighted by molar-refractivity contribution is 5.28. The quantitative estimate of drug-likeness (QED) is 0.651. The lowest BCUT2D eigenvalue weighted by atomic mass is 10.2. The average molecular weight is 238 g/mol. The SMILES string of the molecule is CCOC(COc1cccc(CC)c1)OCC. The normalized spacial score (nSPS) is 10.8. The summed E-state index contributed by atoms with van der Waals surface area (Å²) in [5.41, 5.74) is 1.27. The largest absolute Gasteiger partial charge is 0.488 e. The van der Waals surface area contributed by atoms with Gasteiger partial charge in [-0.3, -0.25) is 0 Å². The third-order valence-electron chi connectivity index (χ3n) is 2.40. The first-order valence-electron chi connectivity index (χ1n) is 6.25. The van der Waals surface area contributed by atoms with E-state index in [0.717, 1.165) is 12.2 Å². The Labute approximate surface area is 104 Å². The molecule has 0 aliphatic heterocycles. The summed E-state index contributed by atoms with van der Waals surface area (Å²) in [6.07, 6.45) is 0.729. The third kappa shape index (κ3) is 5.20. The Morgan fingerprint density at radius 1 is 1.06 bits per heavy atom. The summed E-state index contributed by atoms with van der Waals surface area (Å²) in [5, 5.41) is 0. The molecule has 0 spiro atoms. The predicted octanol–water partition coefficient (Wildman–Crippen LogP) is 3.03. The van der Waals surface area contributed by atoms with Crippen molar-refractivity contribution in [3.05, 3.63) is 29.8 Å². The second-order valence-corrected chi connectivity index (χ2v) is 3.65. The number of hydrogen-bond acceptors (Lipinski definition) is 3. The van der Waals surface area contributed by atoms with Crippen LogP contribution >= 0.6 is 0 Å². The van der Waals surface area contributed by atoms with Crippen LogP contribution < -0.4 is 4.74 Å². The topological polar surface area (TPSA) is 27.7 Å². The Balaban J connectivity index is 2.46. The van der Waals surface area contributed by atoms with E-state index in [1.165, 1.54) is 5.56 Å². The zero-order valence-corrected chi connectivity index (χ0v) is 10.9. The van der Waals surface area contributed by atoms with Gasteiger partial charge in [0, 0.05) is 13.2 Å². The molecule has 0 fully saturated rings. The molecule has 0 heterocycles. The van der Waals surface area contributed by atoms with E-state index in [1.54, 1.807) is 0 Å². The van der Waals surface area contributed by atoms with Crippen molar-refractivity contribution in [2.75, 3.05) is 19.8 Å². The molecule has 1 aromatic carbocycles. The third-order valence-corrected chi connectivity index (χ3v) is 2.40. The summed E-state index contributed by atoms with van der Waals surface area (Å²) < 4.78 is 16.5. The lowest BCUT2D eigenvalue weighted by molar-refractivity contribution is -0.152. The Bertz CT molecular complexity index is 306. The lowest BCUT2D eigenvalue weighted by Crippen LogP contribution is -2.25. The first-order valence-corrected chi connectivity index (χ1v) is 6.25. The maximum Gasteiger partial charge on any atom is 0.191 e. The second-order valence-electron chi connectivity index (χ2n) is 3.65. The lowest BCUT2D eigenvalue weighted by Gasteiger charge is -2.17. The molecule has 0 saturated carbocycles. The number of hydrogen-bond donors (Lipinski definition) is 0. The van der Waals surface area contributed by atoms with Gasteiger partial charge in [0.15, 0.2) is 6.29 Å². The van der Waals surface area contributed by atoms with Gasteiger partial charge in [-0.2, -0.15) is 0 Å². The van der Waals surface area contributed by atoms with Crippen LogP contribution in [0.3, 0.4) is 0 Å². The van der Waals surface area contributed by atoms with Gasteiger partial charge in [0.2, 0.25) is 0 Å². The van der Waals surface area contributed by atoms with Crippen LogP contribution in [0.25, 0.3) is 0 Å². The molecule has 0 amide bonds. The molecule has 17 heavy (non-hydrogen) atoms. The summed E-state index contributed by atoms with van der Waals surface area (Å²) in [5.74, 6) is 0.869. The Hall–Kier alpha value is -1.06. The van der Waals surface area contributed by atoms with Gasteiger partial charge >= 0.3 is 0 Å². The number of benzene rings is 1. The van der Waals surface area contributed by atoms with Crippen molar-refractivity contribution in [3.8, 4) is 5.75 Å². The highest BCUT2D eigenvalue weighted by Gasteiger charge is 2.08. The maximum atomic E-state index is 5.67. The van der Waals surface area contributed by atoms with Gasteiger partial charge in [0.05, 0.1) is 0 Å². The van der Waals surface area contributed by atoms with Gasteiger partial charge in [-0.25, -0.2) is 0 Å². The summed E-state index contributed by atoms with van der Waals surface area (Å²) in [7, 11) is 0. The fourth-order valence-electron chi connectivity index (χ4n) is 1.54. The highest BCUT2D eigenvalue weighted by atomic mass is 16.7. The zero-order valence-electron chi connectivity index (χ0n) is 10.9. The first kappa shape index (κ1) is 14.0. The molecule has 0 radical (unpaired) electrons. The molecule has 0 unspecified atom stereocenters. The van der Waals surface area contributed by atoms with Crippen molar-refractivity contribution in [2.45, 2.75) is 33.5 Å². The molecule has 0 atom stereocenters. The highest BCUT2D eigenvalue weighted by Crippen LogP contribution is 2.14. The minimum atomic E-state index is -0.282. The number of ether oxygens (including phenoxy) is 3. The fraction of sp³-hybridized carbons (Fsp3) is 0.571. The van der Waals surface area contributed by atoms with E-state index in [1.807, 2.05) is 26.0 Å². The van der Waals surface area contributed by atoms with Crippen molar-refractivity contribution in [1.29, 1.82) is 0 Å². The molecule has 1 rings (SSSR count). The maximum absolute atomic E-state index is 5.67. The van der Waals surface area contributed by atoms with Crippen LogP contribution in [0.5, 0.6) is 5.75 Å². The molecule has 0 N–H and O–H groups in total. The van der Waals surface area contributed by atoms with Gasteiger partial charge in [-0.1, -0.05) is 19.1 Å². The summed E-state index contributed by atoms with van der Waals surface area (Å²) in [4.78, 5) is 0. The molecule has 1 aromatic rings. The molecule has 0 aliphatic carbocycles. The van der Waals surface area contributed by atoms with Gasteiger partial charge < -0.3 is 14.2 Å². The van der Waals surface area contributed by atoms with Crippen LogP contribution in [0.1, 0.15) is 26.3 Å². The van der Waals surface area contributed by atoms with E-state index in [9.17, 15) is 0 Å². The predicted molar refractivity (Wildman–Crippen MR) is 68.4 cm³/mol. The van der Waals surface area contributed by atoms with Crippen molar-refractivity contribution < 1.29 is 14.2 Å². The Morgan fingerprint density at radius 3 is 2.35 bits per heavy atom. The molecule has 3 nitrogen and oxygen atoms in total. The van der Waals surface area contributed by atoms with Crippen LogP contribution in [0.15, 0.2) is 24.3 Å². The standard InChI is InChI=1S/C14H22O3/c1-4-12-8-7-9-13(10-12)17-11-14(15-5-2)16-6-3/h7-10,14H,4-6,11H2,1-3H3. The molecular formula is C14H22O3. The van der Waals surface area contributed by atoms with Crippen molar-refractivity contribution in [3.63, 3.8) is 0 Å². The van der Waals surface area contributed by atoms with E-state index in [4.69, 9.17) is 14.2 Å². The molecule has 3 heteroatoms. The summed E-state index contributed by atoms with van der Waals surface area (Å²) >= 11 is 0. The monoisotopic (exact) mass is 238 g/mol. The van der Waals surface area contributed by atoms with E-state index in [2.05, 4.69) is 19.1 Å². The average Bonchev–Trinajstić information content (AvgIpc) is 2.37. The van der Waals surface area contributed by atoms with Crippen LogP contribution in [0, 0.1) is 0 Å². The Morgan fingerprint density at radius 2 is 1.76 bits per heavy atom. The molecule has 0 aromatic heterocycles. The van der Waals surface area contributed by atoms with E-state index < -0.39 is 0 Å². The first-order chi connectivity index (χ1) is 8.30. The van der Waals surface area contributed by atoms with Crippen LogP contribution in [0.4, 0.5) is 0 Å². The van der Waals surface area contributed by atoms with E-state index in [0.29, 0.717) is 19.8 Å². The van der Waals surface area contributed by atoms with Crippen LogP contribution in [-0.4, -0.2) is 26.1 Å². The smallest absolute Gasteiger partial charge is 0.191 e. The molecule has 0 bridgehead atoms. The van der Waals surface area contributed by atoms with Crippen molar-refractivity contribution in [2.24, 2.45) is 0 Å². The van der Waals surface area contributed by atoms with Gasteiger partial charge in [0.1, 0.15) is 12.4 Å². The fourth-order valence-corrected chi connectivity index (χ4v) is 1.54. The zero-order chi connectivity index (χ0) is 12.5. The minimum absolute atomic E-state index is 0.282. The van der Waals surface area contributed by atoms with Crippen LogP contribution in [0.2, 0.25) is 0 Å². The minimum Gasteiger partial charge on any atom is -0.488 e. The molecule has 96 valence electrons. The summed E-state index contributed by atoms with van der Waals surface area (Å²) in [6, 6.07) is 8.10. The van der Waals surface area contributed by atoms with Gasteiger partial charge in [-0.15, -0.1) is 0 Å². The van der Waals surface area contributed by atoms with Gasteiger partial charge in [-0.05, 0) is 38.0 Å². The molecule has 0 aliphatic rings. The van der Waals surface area contributed by atoms with Crippen molar-refractivity contribution in [1.82, 2.24) is 0 Å². The van der Waals surface area contributed by atoms with E-state index in [-0.39, 0.29) is 6.29 Å². The molecule has 0 saturated heterocycles. The number of aryl methyl sites for hydroxylation is 1. The number of rotatable bonds is 8. The van der Waals surface area contributed by atoms with Crippen molar-refractivity contribution >= 4 is 0 Å². The van der Waals surface area contributed by atoms with Crippen LogP contribution in [-0.2, 0) is 15.9 Å². The van der Waals surface area contributed by atoms with E-state index >= 15 is 0 Å². The second kappa shape index (κ2) is 8.09. The summed E-state index contributed by atoms with van der Waals surface area (Å²) in [6.45, 7) is 7.71. The van der Waals surface area contributed by atoms with Gasteiger partial charge in [0.25, 0.3) is 0 Å². The Kier molecular flexibility index (Phi) is 6.67.